The number of carbonyl (C=O) groups is 2. The van der Waals surface area contributed by atoms with Crippen LogP contribution in [0.25, 0.3) is 11.1 Å². The SMILES string of the molecule is O=C(O)c1cccc(-c2ccc(CNC(=O)C3CC3c3ccccc3)c3c2CCN(CCC(F)(F)F)C3)c1. The number of carboxylic acids is 1. The van der Waals surface area contributed by atoms with E-state index in [2.05, 4.69) is 5.32 Å². The molecule has 3 aromatic carbocycles. The van der Waals surface area contributed by atoms with Gasteiger partial charge in [0.1, 0.15) is 0 Å². The zero-order chi connectivity index (χ0) is 26.9. The van der Waals surface area contributed by atoms with E-state index in [1.165, 1.54) is 6.07 Å². The Balaban J connectivity index is 1.37. The highest BCUT2D eigenvalue weighted by Crippen LogP contribution is 2.47. The molecule has 2 unspecified atom stereocenters. The highest BCUT2D eigenvalue weighted by atomic mass is 19.4. The van der Waals surface area contributed by atoms with Crippen LogP contribution in [0, 0.1) is 5.92 Å². The van der Waals surface area contributed by atoms with Gasteiger partial charge in [-0.15, -0.1) is 0 Å². The van der Waals surface area contributed by atoms with E-state index in [-0.39, 0.29) is 29.9 Å². The summed E-state index contributed by atoms with van der Waals surface area (Å²) < 4.78 is 38.7. The Labute approximate surface area is 219 Å². The predicted molar refractivity (Wildman–Crippen MR) is 138 cm³/mol. The van der Waals surface area contributed by atoms with Crippen LogP contribution in [-0.4, -0.2) is 41.1 Å². The number of nitrogens with one attached hydrogen (secondary N) is 1. The number of benzene rings is 3. The van der Waals surface area contributed by atoms with E-state index in [9.17, 15) is 27.9 Å². The second-order valence-corrected chi connectivity index (χ2v) is 10.1. The summed E-state index contributed by atoms with van der Waals surface area (Å²) in [5.41, 5.74) is 5.73. The Hall–Kier alpha value is -3.65. The Morgan fingerprint density at radius 1 is 1.00 bits per heavy atom. The molecule has 5 rings (SSSR count). The quantitative estimate of drug-likeness (QED) is 0.394. The van der Waals surface area contributed by atoms with E-state index < -0.39 is 18.6 Å². The zero-order valence-electron chi connectivity index (χ0n) is 20.8. The maximum atomic E-state index is 12.9. The number of alkyl halides is 3. The fourth-order valence-electron chi connectivity index (χ4n) is 5.40. The number of amides is 1. The minimum atomic E-state index is -4.23. The predicted octanol–water partition coefficient (Wildman–Crippen LogP) is 5.78. The van der Waals surface area contributed by atoms with Crippen molar-refractivity contribution >= 4 is 11.9 Å². The number of rotatable bonds is 8. The van der Waals surface area contributed by atoms with Gasteiger partial charge in [0.15, 0.2) is 0 Å². The Bertz CT molecular complexity index is 1340. The molecule has 0 bridgehead atoms. The van der Waals surface area contributed by atoms with Crippen molar-refractivity contribution in [1.29, 1.82) is 0 Å². The number of carboxylic acid groups (broad SMARTS) is 1. The van der Waals surface area contributed by atoms with Crippen molar-refractivity contribution in [3.05, 3.63) is 94.5 Å². The molecule has 1 aliphatic heterocycles. The molecule has 5 nitrogen and oxygen atoms in total. The maximum Gasteiger partial charge on any atom is 0.390 e. The second-order valence-electron chi connectivity index (χ2n) is 10.1. The van der Waals surface area contributed by atoms with Crippen LogP contribution in [0.2, 0.25) is 0 Å². The molecule has 1 heterocycles. The molecule has 1 amide bonds. The van der Waals surface area contributed by atoms with E-state index in [4.69, 9.17) is 0 Å². The topological polar surface area (TPSA) is 69.6 Å². The van der Waals surface area contributed by atoms with E-state index in [0.29, 0.717) is 26.1 Å². The Kier molecular flexibility index (Phi) is 7.25. The molecule has 38 heavy (non-hydrogen) atoms. The van der Waals surface area contributed by atoms with E-state index in [1.54, 1.807) is 17.0 Å². The minimum absolute atomic E-state index is 0.0180. The van der Waals surface area contributed by atoms with Gasteiger partial charge in [-0.05, 0) is 64.3 Å². The van der Waals surface area contributed by atoms with Gasteiger partial charge in [-0.3, -0.25) is 9.69 Å². The van der Waals surface area contributed by atoms with Crippen molar-refractivity contribution in [1.82, 2.24) is 10.2 Å². The molecule has 1 fully saturated rings. The van der Waals surface area contributed by atoms with Crippen LogP contribution in [0.3, 0.4) is 0 Å². The summed E-state index contributed by atoms with van der Waals surface area (Å²) in [5, 5.41) is 12.5. The monoisotopic (exact) mass is 522 g/mol. The molecule has 2 N–H and O–H groups in total. The van der Waals surface area contributed by atoms with Gasteiger partial charge >= 0.3 is 12.1 Å². The summed E-state index contributed by atoms with van der Waals surface area (Å²) in [5.74, 6) is -0.899. The molecule has 198 valence electrons. The third-order valence-corrected chi connectivity index (χ3v) is 7.53. The molecule has 1 saturated carbocycles. The van der Waals surface area contributed by atoms with Gasteiger partial charge in [-0.1, -0.05) is 54.6 Å². The molecule has 8 heteroatoms. The maximum absolute atomic E-state index is 12.9. The fraction of sp³-hybridized carbons (Fsp3) is 0.333. The summed E-state index contributed by atoms with van der Waals surface area (Å²) in [7, 11) is 0. The highest BCUT2D eigenvalue weighted by molar-refractivity contribution is 5.89. The molecular weight excluding hydrogens is 493 g/mol. The highest BCUT2D eigenvalue weighted by Gasteiger charge is 2.43. The van der Waals surface area contributed by atoms with Crippen molar-refractivity contribution in [2.24, 2.45) is 5.92 Å². The molecule has 0 aromatic heterocycles. The van der Waals surface area contributed by atoms with Gasteiger partial charge in [0.2, 0.25) is 5.91 Å². The minimum Gasteiger partial charge on any atom is -0.478 e. The van der Waals surface area contributed by atoms with Crippen LogP contribution >= 0.6 is 0 Å². The van der Waals surface area contributed by atoms with Crippen molar-refractivity contribution < 1.29 is 27.9 Å². The van der Waals surface area contributed by atoms with Crippen LogP contribution in [-0.2, 0) is 24.3 Å². The largest absolute Gasteiger partial charge is 0.478 e. The molecular formula is C30H29F3N2O3. The fourth-order valence-corrected chi connectivity index (χ4v) is 5.40. The molecule has 0 saturated heterocycles. The molecule has 2 atom stereocenters. The first-order valence-corrected chi connectivity index (χ1v) is 12.8. The van der Waals surface area contributed by atoms with Crippen molar-refractivity contribution in [3.63, 3.8) is 0 Å². The lowest BCUT2D eigenvalue weighted by atomic mass is 9.87. The average molecular weight is 523 g/mol. The zero-order valence-corrected chi connectivity index (χ0v) is 20.8. The van der Waals surface area contributed by atoms with Gasteiger partial charge in [-0.2, -0.15) is 13.2 Å². The van der Waals surface area contributed by atoms with Crippen LogP contribution in [0.4, 0.5) is 13.2 Å². The number of aromatic carboxylic acids is 1. The molecule has 3 aromatic rings. The molecule has 2 aliphatic rings. The van der Waals surface area contributed by atoms with Crippen molar-refractivity contribution in [2.75, 3.05) is 13.1 Å². The summed E-state index contributed by atoms with van der Waals surface area (Å²) in [6.07, 6.45) is -3.76. The lowest BCUT2D eigenvalue weighted by Gasteiger charge is -2.32. The summed E-state index contributed by atoms with van der Waals surface area (Å²) in [6, 6.07) is 20.4. The van der Waals surface area contributed by atoms with Gasteiger partial charge in [0.05, 0.1) is 12.0 Å². The number of nitrogens with zero attached hydrogens (tertiary/aromatic N) is 1. The summed E-state index contributed by atoms with van der Waals surface area (Å²) in [6.45, 7) is 1.03. The molecule has 0 radical (unpaired) electrons. The molecule has 0 spiro atoms. The lowest BCUT2D eigenvalue weighted by Crippen LogP contribution is -2.35. The van der Waals surface area contributed by atoms with Gasteiger partial charge in [-0.25, -0.2) is 4.79 Å². The number of fused-ring (bicyclic) bond motifs is 1. The average Bonchev–Trinajstić information content (AvgIpc) is 3.72. The first-order valence-electron chi connectivity index (χ1n) is 12.8. The Morgan fingerprint density at radius 3 is 2.53 bits per heavy atom. The van der Waals surface area contributed by atoms with E-state index in [0.717, 1.165) is 39.8 Å². The third-order valence-electron chi connectivity index (χ3n) is 7.53. The number of carbonyl (C=O) groups excluding carboxylic acids is 1. The van der Waals surface area contributed by atoms with Crippen molar-refractivity contribution in [3.8, 4) is 11.1 Å². The smallest absolute Gasteiger partial charge is 0.390 e. The van der Waals surface area contributed by atoms with Crippen LogP contribution in [0.5, 0.6) is 0 Å². The van der Waals surface area contributed by atoms with Crippen LogP contribution < -0.4 is 5.32 Å². The van der Waals surface area contributed by atoms with Crippen LogP contribution in [0.1, 0.15) is 51.4 Å². The first-order chi connectivity index (χ1) is 18.2. The summed E-state index contributed by atoms with van der Waals surface area (Å²) in [4.78, 5) is 26.2. The number of halogens is 3. The second kappa shape index (κ2) is 10.6. The van der Waals surface area contributed by atoms with Crippen molar-refractivity contribution in [2.45, 2.75) is 44.4 Å². The third kappa shape index (κ3) is 5.91. The number of hydrogen-bond acceptors (Lipinski definition) is 3. The van der Waals surface area contributed by atoms with Gasteiger partial charge < -0.3 is 10.4 Å². The van der Waals surface area contributed by atoms with Gasteiger partial charge in [0.25, 0.3) is 0 Å². The standard InChI is InChI=1S/C30H29F3N2O3/c31-30(32,33)12-14-35-13-11-24-23(20-7-4-8-21(15-20)29(37)38)10-9-22(27(24)18-35)17-34-28(36)26-16-25(26)19-5-2-1-3-6-19/h1-10,15,25-26H,11-14,16-18H2,(H,34,36)(H,37,38). The van der Waals surface area contributed by atoms with Crippen LogP contribution in [0.15, 0.2) is 66.7 Å². The number of hydrogen-bond donors (Lipinski definition) is 2. The van der Waals surface area contributed by atoms with E-state index >= 15 is 0 Å². The first kappa shape index (κ1) is 26.0. The lowest BCUT2D eigenvalue weighted by molar-refractivity contribution is -0.138. The van der Waals surface area contributed by atoms with Gasteiger partial charge in [0, 0.05) is 32.1 Å². The summed E-state index contributed by atoms with van der Waals surface area (Å²) >= 11 is 0. The van der Waals surface area contributed by atoms with E-state index in [1.807, 2.05) is 48.5 Å². The Morgan fingerprint density at radius 2 is 1.79 bits per heavy atom. The molecule has 1 aliphatic carbocycles. The normalized spacial score (nSPS) is 19.0.